The molecule has 2 aromatic carbocycles. The van der Waals surface area contributed by atoms with Crippen molar-refractivity contribution in [1.29, 1.82) is 0 Å². The number of hydrogen-bond donors (Lipinski definition) is 1. The van der Waals surface area contributed by atoms with Crippen LogP contribution in [0, 0.1) is 0 Å². The van der Waals surface area contributed by atoms with Gasteiger partial charge in [-0.25, -0.2) is 0 Å². The van der Waals surface area contributed by atoms with E-state index in [1.165, 1.54) is 11.1 Å². The molecule has 0 aromatic heterocycles. The number of rotatable bonds is 3. The number of nitrogens with one attached hydrogen (secondary N) is 1. The van der Waals surface area contributed by atoms with Crippen molar-refractivity contribution < 1.29 is 4.79 Å². The first-order valence-corrected chi connectivity index (χ1v) is 8.16. The van der Waals surface area contributed by atoms with E-state index in [1.807, 2.05) is 24.3 Å². The second-order valence-corrected chi connectivity index (χ2v) is 6.71. The molecule has 1 unspecified atom stereocenters. The second-order valence-electron chi connectivity index (χ2n) is 5.26. The van der Waals surface area contributed by atoms with Crippen LogP contribution in [0.15, 0.2) is 46.9 Å². The molecule has 2 aromatic rings. The van der Waals surface area contributed by atoms with Crippen molar-refractivity contribution in [3.05, 3.63) is 63.6 Å². The lowest BCUT2D eigenvalue weighted by molar-refractivity contribution is -0.116. The van der Waals surface area contributed by atoms with Gasteiger partial charge in [-0.3, -0.25) is 4.79 Å². The minimum absolute atomic E-state index is 0.0610. The van der Waals surface area contributed by atoms with Gasteiger partial charge >= 0.3 is 0 Å². The summed E-state index contributed by atoms with van der Waals surface area (Å²) < 4.78 is 1.07. The van der Waals surface area contributed by atoms with Crippen LogP contribution in [0.3, 0.4) is 0 Å². The van der Waals surface area contributed by atoms with Crippen LogP contribution in [0.5, 0.6) is 0 Å². The standard InChI is InChI=1S/C17H15BrClNO/c18-14-5-1-11(2-6-14)9-15(19)12-3-7-16-13(10-12)4-8-17(21)20-16/h1-3,5-7,10,15H,4,8-9H2,(H,20,21). The maximum atomic E-state index is 11.4. The van der Waals surface area contributed by atoms with Crippen LogP contribution in [0.4, 0.5) is 5.69 Å². The highest BCUT2D eigenvalue weighted by molar-refractivity contribution is 9.10. The molecule has 1 aliphatic rings. The molecule has 1 N–H and O–H groups in total. The Hall–Kier alpha value is -1.32. The summed E-state index contributed by atoms with van der Waals surface area (Å²) in [5, 5.41) is 2.83. The SMILES string of the molecule is O=C1CCc2cc(C(Cl)Cc3ccc(Br)cc3)ccc2N1. The molecule has 4 heteroatoms. The van der Waals surface area contributed by atoms with Crippen LogP contribution >= 0.6 is 27.5 Å². The fourth-order valence-electron chi connectivity index (χ4n) is 2.54. The van der Waals surface area contributed by atoms with Gasteiger partial charge in [0.2, 0.25) is 5.91 Å². The third kappa shape index (κ3) is 3.47. The van der Waals surface area contributed by atoms with Gasteiger partial charge in [-0.15, -0.1) is 11.6 Å². The third-order valence-corrected chi connectivity index (χ3v) is 4.65. The van der Waals surface area contributed by atoms with Crippen LogP contribution < -0.4 is 5.32 Å². The number of amides is 1. The Labute approximate surface area is 137 Å². The highest BCUT2D eigenvalue weighted by Crippen LogP contribution is 2.31. The Morgan fingerprint density at radius 3 is 2.67 bits per heavy atom. The number of anilines is 1. The molecule has 1 amide bonds. The molecule has 21 heavy (non-hydrogen) atoms. The highest BCUT2D eigenvalue weighted by Gasteiger charge is 2.17. The van der Waals surface area contributed by atoms with E-state index in [-0.39, 0.29) is 11.3 Å². The summed E-state index contributed by atoms with van der Waals surface area (Å²) in [5.74, 6) is 0.0903. The number of aryl methyl sites for hydroxylation is 1. The molecular formula is C17H15BrClNO. The Morgan fingerprint density at radius 1 is 1.14 bits per heavy atom. The fourth-order valence-corrected chi connectivity index (χ4v) is 3.12. The topological polar surface area (TPSA) is 29.1 Å². The lowest BCUT2D eigenvalue weighted by atomic mass is 9.97. The van der Waals surface area contributed by atoms with Gasteiger partial charge in [0.1, 0.15) is 0 Å². The molecule has 0 saturated heterocycles. The molecule has 1 heterocycles. The zero-order chi connectivity index (χ0) is 14.8. The van der Waals surface area contributed by atoms with Crippen LogP contribution in [-0.2, 0) is 17.6 Å². The summed E-state index contributed by atoms with van der Waals surface area (Å²) in [5.41, 5.74) is 4.41. The van der Waals surface area contributed by atoms with Crippen molar-refractivity contribution in [2.45, 2.75) is 24.6 Å². The van der Waals surface area contributed by atoms with Gasteiger partial charge in [0.25, 0.3) is 0 Å². The van der Waals surface area contributed by atoms with E-state index in [9.17, 15) is 4.79 Å². The van der Waals surface area contributed by atoms with Gasteiger partial charge in [-0.05, 0) is 47.7 Å². The molecule has 3 rings (SSSR count). The van der Waals surface area contributed by atoms with E-state index in [4.69, 9.17) is 11.6 Å². The van der Waals surface area contributed by atoms with Gasteiger partial charge < -0.3 is 5.32 Å². The highest BCUT2D eigenvalue weighted by atomic mass is 79.9. The number of halogens is 2. The van der Waals surface area contributed by atoms with Crippen molar-refractivity contribution >= 4 is 39.1 Å². The smallest absolute Gasteiger partial charge is 0.224 e. The maximum Gasteiger partial charge on any atom is 0.224 e. The van der Waals surface area contributed by atoms with E-state index in [1.54, 1.807) is 0 Å². The Kier molecular flexibility index (Phi) is 4.32. The van der Waals surface area contributed by atoms with Crippen LogP contribution in [-0.4, -0.2) is 5.91 Å². The minimum Gasteiger partial charge on any atom is -0.326 e. The quantitative estimate of drug-likeness (QED) is 0.775. The van der Waals surface area contributed by atoms with Crippen LogP contribution in [0.2, 0.25) is 0 Å². The van der Waals surface area contributed by atoms with Crippen LogP contribution in [0.1, 0.15) is 28.5 Å². The Bertz CT molecular complexity index is 669. The lowest BCUT2D eigenvalue weighted by Gasteiger charge is -2.19. The number of hydrogen-bond acceptors (Lipinski definition) is 1. The lowest BCUT2D eigenvalue weighted by Crippen LogP contribution is -2.19. The van der Waals surface area contributed by atoms with E-state index < -0.39 is 0 Å². The summed E-state index contributed by atoms with van der Waals surface area (Å²) in [6.07, 6.45) is 2.13. The number of alkyl halides is 1. The summed E-state index contributed by atoms with van der Waals surface area (Å²) in [4.78, 5) is 11.4. The molecule has 0 aliphatic carbocycles. The molecule has 0 saturated carbocycles. The van der Waals surface area contributed by atoms with Gasteiger partial charge in [0, 0.05) is 16.6 Å². The van der Waals surface area contributed by atoms with Crippen molar-refractivity contribution in [2.24, 2.45) is 0 Å². The van der Waals surface area contributed by atoms with Crippen molar-refractivity contribution in [1.82, 2.24) is 0 Å². The average molecular weight is 365 g/mol. The van der Waals surface area contributed by atoms with Crippen LogP contribution in [0.25, 0.3) is 0 Å². The first-order valence-electron chi connectivity index (χ1n) is 6.93. The van der Waals surface area contributed by atoms with Gasteiger partial charge in [0.05, 0.1) is 5.38 Å². The van der Waals surface area contributed by atoms with Gasteiger partial charge in [-0.2, -0.15) is 0 Å². The second kappa shape index (κ2) is 6.20. The van der Waals surface area contributed by atoms with Crippen molar-refractivity contribution in [3.8, 4) is 0 Å². The number of carbonyl (C=O) groups is 1. The van der Waals surface area contributed by atoms with E-state index >= 15 is 0 Å². The number of carbonyl (C=O) groups excluding carboxylic acids is 1. The molecule has 2 nitrogen and oxygen atoms in total. The predicted octanol–water partition coefficient (Wildman–Crippen LogP) is 4.86. The summed E-state index contributed by atoms with van der Waals surface area (Å²) >= 11 is 9.99. The largest absolute Gasteiger partial charge is 0.326 e. The van der Waals surface area contributed by atoms with E-state index in [2.05, 4.69) is 39.4 Å². The normalized spacial score (nSPS) is 15.2. The molecule has 0 fully saturated rings. The zero-order valence-electron chi connectivity index (χ0n) is 11.4. The summed E-state index contributed by atoms with van der Waals surface area (Å²) in [6, 6.07) is 14.3. The zero-order valence-corrected chi connectivity index (χ0v) is 13.7. The third-order valence-electron chi connectivity index (χ3n) is 3.71. The molecule has 0 bridgehead atoms. The molecule has 1 atom stereocenters. The fraction of sp³-hybridized carbons (Fsp3) is 0.235. The van der Waals surface area contributed by atoms with E-state index in [0.29, 0.717) is 6.42 Å². The van der Waals surface area contributed by atoms with Crippen molar-refractivity contribution in [3.63, 3.8) is 0 Å². The van der Waals surface area contributed by atoms with E-state index in [0.717, 1.165) is 28.6 Å². The first kappa shape index (κ1) is 14.6. The predicted molar refractivity (Wildman–Crippen MR) is 89.8 cm³/mol. The monoisotopic (exact) mass is 363 g/mol. The minimum atomic E-state index is -0.0610. The van der Waals surface area contributed by atoms with Crippen molar-refractivity contribution in [2.75, 3.05) is 5.32 Å². The van der Waals surface area contributed by atoms with Gasteiger partial charge in [-0.1, -0.05) is 40.2 Å². The molecule has 0 radical (unpaired) electrons. The summed E-state index contributed by atoms with van der Waals surface area (Å²) in [6.45, 7) is 0. The maximum absolute atomic E-state index is 11.4. The van der Waals surface area contributed by atoms with Gasteiger partial charge in [0.15, 0.2) is 0 Å². The molecule has 1 aliphatic heterocycles. The first-order chi connectivity index (χ1) is 10.1. The Balaban J connectivity index is 1.77. The Morgan fingerprint density at radius 2 is 1.90 bits per heavy atom. The average Bonchev–Trinajstić information content (AvgIpc) is 2.49. The molecule has 0 spiro atoms. The number of benzene rings is 2. The number of fused-ring (bicyclic) bond motifs is 1. The molecule has 108 valence electrons. The summed E-state index contributed by atoms with van der Waals surface area (Å²) in [7, 11) is 0. The molecular weight excluding hydrogens is 350 g/mol.